The highest BCUT2D eigenvalue weighted by atomic mass is 16.6. The first-order valence-electron chi connectivity index (χ1n) is 31.0. The number of carbonyl (C=O) groups excluding carboxylic acids is 5. The zero-order chi connectivity index (χ0) is 61.3. The molecule has 0 aromatic heterocycles. The molecule has 0 spiro atoms. The van der Waals surface area contributed by atoms with Crippen LogP contribution in [0.1, 0.15) is 38.2 Å². The summed E-state index contributed by atoms with van der Waals surface area (Å²) in [6, 6.07) is 3.11. The number of hydrogen-bond donors (Lipinski definition) is 1. The number of ether oxygens (including phenoxy) is 4. The van der Waals surface area contributed by atoms with E-state index in [1.807, 2.05) is 0 Å². The number of nitrogens with one attached hydrogen (secondary N) is 1. The molecule has 30 rings (SSSR count). The van der Waals surface area contributed by atoms with E-state index in [1.165, 1.54) is 45.5 Å². The first-order valence-corrected chi connectivity index (χ1v) is 31.0. The van der Waals surface area contributed by atoms with Crippen LogP contribution in [-0.2, 0) is 55.4 Å². The minimum Gasteiger partial charge on any atom is -0.468 e. The zero-order valence-corrected chi connectivity index (χ0v) is 48.0. The maximum absolute atomic E-state index is 18.0. The molecule has 0 aliphatic heterocycles. The second-order valence-corrected chi connectivity index (χ2v) is 28.3. The van der Waals surface area contributed by atoms with Crippen LogP contribution in [-0.4, -0.2) is 67.9 Å². The minimum atomic E-state index is -2.93. The summed E-state index contributed by atoms with van der Waals surface area (Å²) in [5.74, 6) is -5.77. The minimum absolute atomic E-state index is 0.0441. The molecule has 18 heteroatoms. The number of Topliss-reactive ketones (excluding diaryl/α,β-unsaturated/α-hetero) is 1. The molecule has 0 amide bonds. The topological polar surface area (TPSA) is 250 Å². The first-order chi connectivity index (χ1) is 45.8. The third kappa shape index (κ3) is 2.91. The summed E-state index contributed by atoms with van der Waals surface area (Å²) >= 11 is 0. The van der Waals surface area contributed by atoms with Crippen molar-refractivity contribution in [1.29, 1.82) is 0 Å². The van der Waals surface area contributed by atoms with Crippen molar-refractivity contribution in [1.82, 2.24) is 0 Å². The smallest absolute Gasteiger partial charge is 0.336 e. The predicted octanol–water partition coefficient (Wildman–Crippen LogP) is 13.9. The maximum atomic E-state index is 18.0. The van der Waals surface area contributed by atoms with E-state index < -0.39 is 78.3 Å². The third-order valence-corrected chi connectivity index (χ3v) is 26.6. The van der Waals surface area contributed by atoms with E-state index in [1.54, 1.807) is 0 Å². The predicted molar refractivity (Wildman–Crippen MR) is 355 cm³/mol. The van der Waals surface area contributed by atoms with E-state index >= 15 is 28.8 Å². The molecule has 26 aromatic carbocycles. The molecular weight excluding hydrogens is 1190 g/mol. The van der Waals surface area contributed by atoms with Gasteiger partial charge in [0.2, 0.25) is 5.43 Å². The lowest BCUT2D eigenvalue weighted by molar-refractivity contribution is -0.393. The number of nitro benzene ring substituents is 2. The Morgan fingerprint density at radius 1 is 0.404 bits per heavy atom. The van der Waals surface area contributed by atoms with Gasteiger partial charge in [0.15, 0.2) is 16.6 Å². The summed E-state index contributed by atoms with van der Waals surface area (Å²) < 4.78 is 24.5. The Morgan fingerprint density at radius 2 is 0.734 bits per heavy atom. The van der Waals surface area contributed by atoms with Crippen LogP contribution in [0.3, 0.4) is 0 Å². The first kappa shape index (κ1) is 43.2. The van der Waals surface area contributed by atoms with Gasteiger partial charge in [0.25, 0.3) is 5.69 Å². The standard InChI is InChI=1S/C76H18N4O14/c1-91-71(83)66-67(72(84)92-2)76(74(86)94-4)64-56-17(70(76)82)11-8-10-14-15(11)19-24-23-18(14)22-20-16(10)21-26-25(20)29-32-27(22)28(23)33-35-30(24)46(50(19)56)54-48-42(35)39-37(33)36(32)38-34(29)40-31(26)49-52-45(40)44-41(38)43(39)47-51(44)58-60(52)65(75(66,73(85)93-3)63(58)57(53(47)48)59(54)64)62-55(49)61(21)68(69(62)81)78-77-12-6-5-9(79(87)88)7-13(12)80(89)90/h5-7,77H,8H2,1-4H3/b67-66?,78-68+. The third-order valence-electron chi connectivity index (χ3n) is 26.6. The van der Waals surface area contributed by atoms with Crippen LogP contribution in [0.25, 0.3) is 259 Å². The number of non-ortho nitro benzene ring substituents is 1. The van der Waals surface area contributed by atoms with Gasteiger partial charge in [-0.3, -0.25) is 44.8 Å². The van der Waals surface area contributed by atoms with Crippen molar-refractivity contribution in [2.24, 2.45) is 5.10 Å². The molecule has 2 unspecified atom stereocenters. The molecule has 0 heterocycles. The monoisotopic (exact) mass is 1210 g/mol. The van der Waals surface area contributed by atoms with Crippen molar-refractivity contribution in [3.05, 3.63) is 98.5 Å². The van der Waals surface area contributed by atoms with Gasteiger partial charge in [-0.1, -0.05) is 0 Å². The number of anilines is 1. The number of nitro groups is 2. The molecule has 18 nitrogen and oxygen atoms in total. The SMILES string of the molecule is COC(=O)C1=C(C(=O)OC)C2(C(=O)OC)c3c4c(=O)/c(=N/Nc5ccc([N+](=O)[O-])cc5[N+](=O)[O-])c5c4c4c6c3c3c2c2c7c8c9c(c%10c%11c%12c(c%13c5c5c%14c%13c%13c%12c%12c%15c%11c9c9c7c7c2c2c3c3c6c(c45)c4c%14c5c%13c%12c6c(c9%15)c7c7c2c3c4c5c76)C%10)C(=O)C18C(=O)OC. The molecule has 0 bridgehead atoms. The highest BCUT2D eigenvalue weighted by molar-refractivity contribution is 6.79. The average molecular weight is 1210 g/mol. The van der Waals surface area contributed by atoms with Crippen LogP contribution in [0.2, 0.25) is 0 Å². The van der Waals surface area contributed by atoms with Gasteiger partial charge in [0, 0.05) is 55.8 Å². The summed E-state index contributed by atoms with van der Waals surface area (Å²) in [6.07, 6.45) is 0.132. The molecule has 0 fully saturated rings. The van der Waals surface area contributed by atoms with Gasteiger partial charge < -0.3 is 18.9 Å². The lowest BCUT2D eigenvalue weighted by Crippen LogP contribution is -2.52. The van der Waals surface area contributed by atoms with Gasteiger partial charge in [-0.25, -0.2) is 9.59 Å². The van der Waals surface area contributed by atoms with Crippen LogP contribution in [0, 0.1) is 20.2 Å². The summed E-state index contributed by atoms with van der Waals surface area (Å²) in [5.41, 5.74) is -4.60. The quantitative estimate of drug-likeness (QED) is 0.0371. The second-order valence-electron chi connectivity index (χ2n) is 28.3. The van der Waals surface area contributed by atoms with E-state index in [-0.39, 0.29) is 45.1 Å². The number of benzene rings is 17. The molecule has 4 aliphatic carbocycles. The second kappa shape index (κ2) is 11.1. The van der Waals surface area contributed by atoms with E-state index in [9.17, 15) is 20.2 Å². The summed E-state index contributed by atoms with van der Waals surface area (Å²) in [5, 5.41) is 72.8. The Labute approximate surface area is 510 Å². The number of rotatable bonds is 8. The largest absolute Gasteiger partial charge is 0.468 e. The van der Waals surface area contributed by atoms with E-state index in [0.717, 1.165) is 206 Å². The van der Waals surface area contributed by atoms with E-state index in [4.69, 9.17) is 24.0 Å². The Morgan fingerprint density at radius 3 is 1.14 bits per heavy atom. The molecule has 0 radical (unpaired) electrons. The Kier molecular flexibility index (Phi) is 5.12. The number of esters is 4. The van der Waals surface area contributed by atoms with Crippen molar-refractivity contribution in [3.63, 3.8) is 0 Å². The van der Waals surface area contributed by atoms with Gasteiger partial charge in [-0.05, 0) is 255 Å². The molecule has 2 atom stereocenters. The normalized spacial score (nSPS) is 19.3. The van der Waals surface area contributed by atoms with Crippen molar-refractivity contribution >= 4 is 305 Å². The zero-order valence-electron chi connectivity index (χ0n) is 48.0. The molecule has 1 N–H and O–H groups in total. The maximum Gasteiger partial charge on any atom is 0.336 e. The number of nitrogens with zero attached hydrogens (tertiary/aromatic N) is 3. The summed E-state index contributed by atoms with van der Waals surface area (Å²) in [7, 11) is 4.50. The number of carbonyl (C=O) groups is 5. The van der Waals surface area contributed by atoms with E-state index in [2.05, 4.69) is 5.43 Å². The van der Waals surface area contributed by atoms with Gasteiger partial charge in [0.05, 0.1) is 55.5 Å². The molecule has 426 valence electrons. The number of methoxy groups -OCH3 is 4. The lowest BCUT2D eigenvalue weighted by atomic mass is 9.60. The van der Waals surface area contributed by atoms with E-state index in [0.29, 0.717) is 59.4 Å². The Hall–Kier alpha value is -12.6. The van der Waals surface area contributed by atoms with Crippen LogP contribution in [0.4, 0.5) is 17.1 Å². The molecule has 94 heavy (non-hydrogen) atoms. The van der Waals surface area contributed by atoms with Crippen LogP contribution < -0.4 is 16.2 Å². The van der Waals surface area contributed by atoms with Crippen LogP contribution in [0.15, 0.2) is 39.2 Å². The van der Waals surface area contributed by atoms with Crippen molar-refractivity contribution in [2.75, 3.05) is 33.9 Å². The van der Waals surface area contributed by atoms with Gasteiger partial charge in [0.1, 0.15) is 11.0 Å². The summed E-state index contributed by atoms with van der Waals surface area (Å²) in [6.45, 7) is 0. The summed E-state index contributed by atoms with van der Waals surface area (Å²) in [4.78, 5) is 127. The van der Waals surface area contributed by atoms with Crippen LogP contribution >= 0.6 is 0 Å². The van der Waals surface area contributed by atoms with Gasteiger partial charge in [-0.15, -0.1) is 0 Å². The average Bonchev–Trinajstić information content (AvgIpc) is 1.40. The molecule has 4 aliphatic rings. The highest BCUT2D eigenvalue weighted by Crippen LogP contribution is 2.79. The van der Waals surface area contributed by atoms with Gasteiger partial charge in [-0.2, -0.15) is 5.10 Å². The molecule has 0 saturated carbocycles. The number of fused-ring (bicyclic) bond motifs is 6. The number of hydrogen-bond acceptors (Lipinski definition) is 16. The Bertz CT molecular complexity index is 8640. The van der Waals surface area contributed by atoms with Gasteiger partial charge >= 0.3 is 29.6 Å². The van der Waals surface area contributed by atoms with Crippen molar-refractivity contribution in [3.8, 4) is 0 Å². The number of ketones is 1. The fourth-order valence-electron chi connectivity index (χ4n) is 25.0. The Balaban J connectivity index is 1.06. The molecule has 0 saturated heterocycles. The highest BCUT2D eigenvalue weighted by Gasteiger charge is 2.70. The van der Waals surface area contributed by atoms with Crippen molar-refractivity contribution in [2.45, 2.75) is 17.3 Å². The fourth-order valence-corrected chi connectivity index (χ4v) is 25.0. The fraction of sp³-hybridized carbons (Fsp3) is 0.0921. The molecule has 26 aromatic rings. The molecular formula is C76H18N4O14. The van der Waals surface area contributed by atoms with Crippen LogP contribution in [0.5, 0.6) is 0 Å². The lowest BCUT2D eigenvalue weighted by Gasteiger charge is -2.38. The van der Waals surface area contributed by atoms with Crippen molar-refractivity contribution < 1.29 is 52.8 Å².